The van der Waals surface area contributed by atoms with Crippen molar-refractivity contribution in [1.29, 1.82) is 0 Å². The molecule has 0 saturated heterocycles. The molecule has 0 bridgehead atoms. The Kier molecular flexibility index (Phi) is 4.54. The van der Waals surface area contributed by atoms with E-state index in [4.69, 9.17) is 17.3 Å². The van der Waals surface area contributed by atoms with Crippen molar-refractivity contribution in [2.24, 2.45) is 5.73 Å². The Morgan fingerprint density at radius 2 is 2.28 bits per heavy atom. The zero-order valence-corrected chi connectivity index (χ0v) is 11.9. The predicted octanol–water partition coefficient (Wildman–Crippen LogP) is 2.67. The third kappa shape index (κ3) is 2.99. The van der Waals surface area contributed by atoms with Crippen molar-refractivity contribution in [2.45, 2.75) is 36.2 Å². The Hall–Kier alpha value is -0.710. The van der Waals surface area contributed by atoms with Crippen molar-refractivity contribution in [2.75, 3.05) is 6.26 Å². The highest BCUT2D eigenvalue weighted by Gasteiger charge is 2.26. The molecule has 1 aliphatic carbocycles. The van der Waals surface area contributed by atoms with Crippen molar-refractivity contribution in [3.63, 3.8) is 0 Å². The van der Waals surface area contributed by atoms with Crippen LogP contribution in [-0.4, -0.2) is 24.2 Å². The molecular formula is C13H17ClN2OS. The van der Waals surface area contributed by atoms with Crippen LogP contribution in [0, 0.1) is 0 Å². The number of carbonyl (C=O) groups excluding carboxylic acids is 1. The minimum atomic E-state index is -0.127. The van der Waals surface area contributed by atoms with Gasteiger partial charge >= 0.3 is 0 Å². The molecule has 0 radical (unpaired) electrons. The maximum Gasteiger partial charge on any atom is 0.253 e. The third-order valence-corrected chi connectivity index (χ3v) is 4.36. The molecule has 1 fully saturated rings. The average molecular weight is 285 g/mol. The summed E-state index contributed by atoms with van der Waals surface area (Å²) in [6, 6.07) is 5.63. The van der Waals surface area contributed by atoms with Crippen LogP contribution in [0.2, 0.25) is 5.02 Å². The van der Waals surface area contributed by atoms with E-state index in [0.29, 0.717) is 10.6 Å². The van der Waals surface area contributed by atoms with Gasteiger partial charge in [-0.1, -0.05) is 11.6 Å². The van der Waals surface area contributed by atoms with E-state index in [1.165, 1.54) is 0 Å². The molecule has 1 aromatic rings. The van der Waals surface area contributed by atoms with Crippen molar-refractivity contribution < 1.29 is 4.79 Å². The fourth-order valence-electron chi connectivity index (χ4n) is 2.22. The zero-order chi connectivity index (χ0) is 13.1. The van der Waals surface area contributed by atoms with E-state index in [2.05, 4.69) is 5.32 Å². The standard InChI is InChI=1S/C13H17ClN2OS/c1-18-8-5-6-10(14)9(7-8)13(17)16-12-4-2-3-11(12)15/h5-7,11-12H,2-4,15H2,1H3,(H,16,17). The topological polar surface area (TPSA) is 55.1 Å². The molecule has 0 aromatic heterocycles. The van der Waals surface area contributed by atoms with Crippen LogP contribution in [-0.2, 0) is 0 Å². The molecule has 1 aromatic carbocycles. The summed E-state index contributed by atoms with van der Waals surface area (Å²) in [5, 5.41) is 3.46. The molecule has 1 aliphatic rings. The highest BCUT2D eigenvalue weighted by atomic mass is 35.5. The SMILES string of the molecule is CSc1ccc(Cl)c(C(=O)NC2CCCC2N)c1. The molecule has 2 unspecified atom stereocenters. The number of carbonyl (C=O) groups is 1. The summed E-state index contributed by atoms with van der Waals surface area (Å²) in [5.74, 6) is -0.127. The number of hydrogen-bond donors (Lipinski definition) is 2. The van der Waals surface area contributed by atoms with Gasteiger partial charge in [0.1, 0.15) is 0 Å². The molecular weight excluding hydrogens is 268 g/mol. The lowest BCUT2D eigenvalue weighted by molar-refractivity contribution is 0.0934. The number of rotatable bonds is 3. The van der Waals surface area contributed by atoms with Crippen LogP contribution in [0.1, 0.15) is 29.6 Å². The summed E-state index contributed by atoms with van der Waals surface area (Å²) in [5.41, 5.74) is 6.48. The van der Waals surface area contributed by atoms with Gasteiger partial charge in [0.05, 0.1) is 10.6 Å². The van der Waals surface area contributed by atoms with E-state index in [1.54, 1.807) is 17.8 Å². The first kappa shape index (κ1) is 13.7. The number of halogens is 1. The Morgan fingerprint density at radius 3 is 2.89 bits per heavy atom. The Morgan fingerprint density at radius 1 is 1.50 bits per heavy atom. The van der Waals surface area contributed by atoms with E-state index < -0.39 is 0 Å². The van der Waals surface area contributed by atoms with E-state index in [-0.39, 0.29) is 18.0 Å². The van der Waals surface area contributed by atoms with Gasteiger partial charge in [-0.15, -0.1) is 11.8 Å². The second kappa shape index (κ2) is 5.95. The molecule has 3 N–H and O–H groups in total. The monoisotopic (exact) mass is 284 g/mol. The van der Waals surface area contributed by atoms with Crippen LogP contribution >= 0.6 is 23.4 Å². The lowest BCUT2D eigenvalue weighted by Crippen LogP contribution is -2.44. The maximum absolute atomic E-state index is 12.2. The van der Waals surface area contributed by atoms with Crippen LogP contribution in [0.25, 0.3) is 0 Å². The molecule has 18 heavy (non-hydrogen) atoms. The maximum atomic E-state index is 12.2. The number of hydrogen-bond acceptors (Lipinski definition) is 3. The zero-order valence-electron chi connectivity index (χ0n) is 10.3. The average Bonchev–Trinajstić information content (AvgIpc) is 2.75. The molecule has 98 valence electrons. The van der Waals surface area contributed by atoms with Crippen molar-refractivity contribution in [1.82, 2.24) is 5.32 Å². The summed E-state index contributed by atoms with van der Waals surface area (Å²) in [4.78, 5) is 13.2. The van der Waals surface area contributed by atoms with Gasteiger partial charge in [0.2, 0.25) is 0 Å². The molecule has 3 nitrogen and oxygen atoms in total. The van der Waals surface area contributed by atoms with Gasteiger partial charge in [0.15, 0.2) is 0 Å². The fourth-order valence-corrected chi connectivity index (χ4v) is 2.86. The van der Waals surface area contributed by atoms with Gasteiger partial charge < -0.3 is 11.1 Å². The summed E-state index contributed by atoms with van der Waals surface area (Å²) >= 11 is 7.66. The van der Waals surface area contributed by atoms with E-state index in [9.17, 15) is 4.79 Å². The van der Waals surface area contributed by atoms with Crippen LogP contribution in [0.4, 0.5) is 0 Å². The Balaban J connectivity index is 2.12. The quantitative estimate of drug-likeness (QED) is 0.839. The lowest BCUT2D eigenvalue weighted by Gasteiger charge is -2.17. The van der Waals surface area contributed by atoms with Gasteiger partial charge in [-0.05, 0) is 43.7 Å². The smallest absolute Gasteiger partial charge is 0.253 e. The Bertz CT molecular complexity index is 453. The minimum absolute atomic E-state index is 0.0662. The normalized spacial score (nSPS) is 23.1. The first-order chi connectivity index (χ1) is 8.61. The second-order valence-electron chi connectivity index (χ2n) is 4.52. The summed E-state index contributed by atoms with van der Waals surface area (Å²) < 4.78 is 0. The largest absolute Gasteiger partial charge is 0.348 e. The first-order valence-corrected chi connectivity index (χ1v) is 7.62. The van der Waals surface area contributed by atoms with E-state index in [0.717, 1.165) is 24.2 Å². The number of nitrogens with one attached hydrogen (secondary N) is 1. The summed E-state index contributed by atoms with van der Waals surface area (Å²) in [6.45, 7) is 0. The molecule has 0 heterocycles. The number of nitrogens with two attached hydrogens (primary N) is 1. The van der Waals surface area contributed by atoms with Crippen LogP contribution in [0.15, 0.2) is 23.1 Å². The molecule has 2 rings (SSSR count). The summed E-state index contributed by atoms with van der Waals surface area (Å²) in [6.07, 6.45) is 4.97. The van der Waals surface area contributed by atoms with Crippen LogP contribution < -0.4 is 11.1 Å². The molecule has 0 aliphatic heterocycles. The minimum Gasteiger partial charge on any atom is -0.348 e. The number of thioether (sulfide) groups is 1. The van der Waals surface area contributed by atoms with Gasteiger partial charge in [-0.2, -0.15) is 0 Å². The Labute approximate surface area is 116 Å². The van der Waals surface area contributed by atoms with E-state index >= 15 is 0 Å². The molecule has 1 amide bonds. The first-order valence-electron chi connectivity index (χ1n) is 6.02. The molecule has 1 saturated carbocycles. The van der Waals surface area contributed by atoms with Gasteiger partial charge in [-0.3, -0.25) is 4.79 Å². The van der Waals surface area contributed by atoms with Crippen molar-refractivity contribution >= 4 is 29.3 Å². The second-order valence-corrected chi connectivity index (χ2v) is 5.81. The van der Waals surface area contributed by atoms with Crippen LogP contribution in [0.5, 0.6) is 0 Å². The molecule has 0 spiro atoms. The van der Waals surface area contributed by atoms with Gasteiger partial charge in [0.25, 0.3) is 5.91 Å². The summed E-state index contributed by atoms with van der Waals surface area (Å²) in [7, 11) is 0. The lowest BCUT2D eigenvalue weighted by atomic mass is 10.1. The van der Waals surface area contributed by atoms with Gasteiger partial charge in [0, 0.05) is 17.0 Å². The molecule has 5 heteroatoms. The number of benzene rings is 1. The van der Waals surface area contributed by atoms with Crippen molar-refractivity contribution in [3.8, 4) is 0 Å². The highest BCUT2D eigenvalue weighted by Crippen LogP contribution is 2.24. The number of amides is 1. The van der Waals surface area contributed by atoms with Crippen molar-refractivity contribution in [3.05, 3.63) is 28.8 Å². The fraction of sp³-hybridized carbons (Fsp3) is 0.462. The third-order valence-electron chi connectivity index (χ3n) is 3.30. The van der Waals surface area contributed by atoms with Crippen LogP contribution in [0.3, 0.4) is 0 Å². The highest BCUT2D eigenvalue weighted by molar-refractivity contribution is 7.98. The predicted molar refractivity (Wildman–Crippen MR) is 76.3 cm³/mol. The molecule has 2 atom stereocenters. The van der Waals surface area contributed by atoms with Gasteiger partial charge in [-0.25, -0.2) is 0 Å². The van der Waals surface area contributed by atoms with E-state index in [1.807, 2.05) is 18.4 Å².